The second-order valence-corrected chi connectivity index (χ2v) is 4.62. The Kier molecular flexibility index (Phi) is 3.65. The Morgan fingerprint density at radius 2 is 2.39 bits per heavy atom. The molecule has 2 rings (SSSR count). The first kappa shape index (κ1) is 12.2. The number of hydrogen-bond acceptors (Lipinski definition) is 6. The molecule has 0 radical (unpaired) electrons. The van der Waals surface area contributed by atoms with E-state index in [0.29, 0.717) is 23.0 Å². The van der Waals surface area contributed by atoms with E-state index in [4.69, 9.17) is 15.7 Å². The van der Waals surface area contributed by atoms with E-state index in [0.717, 1.165) is 10.6 Å². The lowest BCUT2D eigenvalue weighted by Gasteiger charge is -2.04. The number of nitrogens with zero attached hydrogens (tertiary/aromatic N) is 2. The predicted molar refractivity (Wildman–Crippen MR) is 71.6 cm³/mol. The van der Waals surface area contributed by atoms with E-state index in [2.05, 4.69) is 16.4 Å². The standard InChI is InChI=1S/C12H12N4OS/c1-17-11-4-8(2-3-15-11)7-16-12-5-9(14)10(6-13)18-12/h2-5,16H,7,14H2,1H3. The van der Waals surface area contributed by atoms with Crippen molar-refractivity contribution in [2.45, 2.75) is 6.54 Å². The van der Waals surface area contributed by atoms with Crippen LogP contribution in [0.3, 0.4) is 0 Å². The van der Waals surface area contributed by atoms with Gasteiger partial charge in [-0.3, -0.25) is 0 Å². The number of anilines is 2. The summed E-state index contributed by atoms with van der Waals surface area (Å²) in [6.45, 7) is 0.629. The fourth-order valence-corrected chi connectivity index (χ4v) is 2.21. The number of nitriles is 1. The molecule has 2 aromatic rings. The summed E-state index contributed by atoms with van der Waals surface area (Å²) >= 11 is 1.34. The zero-order valence-corrected chi connectivity index (χ0v) is 10.6. The Morgan fingerprint density at radius 1 is 1.56 bits per heavy atom. The molecule has 0 amide bonds. The SMILES string of the molecule is COc1cc(CNc2cc(N)c(C#N)s2)ccn1. The maximum Gasteiger partial charge on any atom is 0.213 e. The molecule has 3 N–H and O–H groups in total. The lowest BCUT2D eigenvalue weighted by Crippen LogP contribution is -1.98. The molecule has 0 aliphatic carbocycles. The van der Waals surface area contributed by atoms with Crippen LogP contribution in [-0.4, -0.2) is 12.1 Å². The van der Waals surface area contributed by atoms with Crippen molar-refractivity contribution < 1.29 is 4.74 Å². The van der Waals surface area contributed by atoms with Crippen LogP contribution in [-0.2, 0) is 6.54 Å². The van der Waals surface area contributed by atoms with Crippen LogP contribution in [0.5, 0.6) is 5.88 Å². The Bertz CT molecular complexity index is 588. The third-order valence-electron chi connectivity index (χ3n) is 2.34. The van der Waals surface area contributed by atoms with E-state index in [1.165, 1.54) is 11.3 Å². The largest absolute Gasteiger partial charge is 0.481 e. The number of methoxy groups -OCH3 is 1. The molecule has 0 atom stereocenters. The van der Waals surface area contributed by atoms with E-state index in [1.54, 1.807) is 19.4 Å². The first-order chi connectivity index (χ1) is 8.72. The average molecular weight is 260 g/mol. The zero-order chi connectivity index (χ0) is 13.0. The van der Waals surface area contributed by atoms with Gasteiger partial charge in [0, 0.05) is 18.8 Å². The molecule has 0 aromatic carbocycles. The minimum atomic E-state index is 0.511. The van der Waals surface area contributed by atoms with Crippen LogP contribution >= 0.6 is 11.3 Å². The van der Waals surface area contributed by atoms with Gasteiger partial charge in [0.05, 0.1) is 17.8 Å². The van der Waals surface area contributed by atoms with Gasteiger partial charge in [-0.2, -0.15) is 5.26 Å². The van der Waals surface area contributed by atoms with Gasteiger partial charge >= 0.3 is 0 Å². The summed E-state index contributed by atoms with van der Waals surface area (Å²) < 4.78 is 5.05. The van der Waals surface area contributed by atoms with Crippen LogP contribution in [0.25, 0.3) is 0 Å². The van der Waals surface area contributed by atoms with Gasteiger partial charge in [0.1, 0.15) is 10.9 Å². The lowest BCUT2D eigenvalue weighted by molar-refractivity contribution is 0.397. The number of thiophene rings is 1. The normalized spacial score (nSPS) is 9.78. The number of ether oxygens (including phenoxy) is 1. The molecule has 2 aromatic heterocycles. The number of nitrogen functional groups attached to an aromatic ring is 1. The molecular formula is C12H12N4OS. The van der Waals surface area contributed by atoms with Crippen molar-refractivity contribution in [2.75, 3.05) is 18.2 Å². The van der Waals surface area contributed by atoms with E-state index < -0.39 is 0 Å². The second-order valence-electron chi connectivity index (χ2n) is 3.57. The van der Waals surface area contributed by atoms with Crippen LogP contribution in [0.15, 0.2) is 24.4 Å². The fourth-order valence-electron chi connectivity index (χ4n) is 1.44. The van der Waals surface area contributed by atoms with Crippen molar-refractivity contribution in [3.05, 3.63) is 34.8 Å². The summed E-state index contributed by atoms with van der Waals surface area (Å²) in [4.78, 5) is 4.57. The highest BCUT2D eigenvalue weighted by atomic mass is 32.1. The molecule has 92 valence electrons. The Hall–Kier alpha value is -2.26. The second kappa shape index (κ2) is 5.38. The van der Waals surface area contributed by atoms with Gasteiger partial charge in [-0.1, -0.05) is 0 Å². The third-order valence-corrected chi connectivity index (χ3v) is 3.35. The molecule has 0 saturated carbocycles. The number of aromatic nitrogens is 1. The number of pyridine rings is 1. The van der Waals surface area contributed by atoms with Crippen molar-refractivity contribution >= 4 is 22.0 Å². The summed E-state index contributed by atoms with van der Waals surface area (Å²) in [5.41, 5.74) is 7.24. The summed E-state index contributed by atoms with van der Waals surface area (Å²) in [6, 6.07) is 7.58. The zero-order valence-electron chi connectivity index (χ0n) is 9.80. The Balaban J connectivity index is 2.04. The van der Waals surface area contributed by atoms with Crippen LogP contribution in [0.2, 0.25) is 0 Å². The molecule has 2 heterocycles. The highest BCUT2D eigenvalue weighted by Crippen LogP contribution is 2.28. The number of hydrogen-bond donors (Lipinski definition) is 2. The molecule has 5 nitrogen and oxygen atoms in total. The van der Waals surface area contributed by atoms with E-state index in [1.807, 2.05) is 12.1 Å². The van der Waals surface area contributed by atoms with Gasteiger partial charge in [-0.15, -0.1) is 11.3 Å². The van der Waals surface area contributed by atoms with Crippen molar-refractivity contribution in [2.24, 2.45) is 0 Å². The van der Waals surface area contributed by atoms with Crippen LogP contribution in [0.4, 0.5) is 10.7 Å². The minimum absolute atomic E-state index is 0.511. The molecule has 0 fully saturated rings. The number of nitrogens with two attached hydrogens (primary N) is 1. The fraction of sp³-hybridized carbons (Fsp3) is 0.167. The third kappa shape index (κ3) is 2.70. The molecule has 0 saturated heterocycles. The van der Waals surface area contributed by atoms with Crippen LogP contribution in [0, 0.1) is 11.3 Å². The number of nitrogens with one attached hydrogen (secondary N) is 1. The average Bonchev–Trinajstić information content (AvgIpc) is 2.77. The topological polar surface area (TPSA) is 84.0 Å². The van der Waals surface area contributed by atoms with E-state index in [9.17, 15) is 0 Å². The molecule has 0 aliphatic heterocycles. The molecular weight excluding hydrogens is 248 g/mol. The summed E-state index contributed by atoms with van der Waals surface area (Å²) in [6.07, 6.45) is 1.69. The summed E-state index contributed by atoms with van der Waals surface area (Å²) in [5.74, 6) is 0.581. The first-order valence-corrected chi connectivity index (χ1v) is 6.07. The maximum absolute atomic E-state index is 8.81. The lowest BCUT2D eigenvalue weighted by atomic mass is 10.2. The van der Waals surface area contributed by atoms with Gasteiger partial charge in [0.15, 0.2) is 0 Å². The van der Waals surface area contributed by atoms with Gasteiger partial charge in [0.25, 0.3) is 0 Å². The molecule has 0 bridgehead atoms. The molecule has 18 heavy (non-hydrogen) atoms. The van der Waals surface area contributed by atoms with E-state index in [-0.39, 0.29) is 0 Å². The summed E-state index contributed by atoms with van der Waals surface area (Å²) in [7, 11) is 1.58. The predicted octanol–water partition coefficient (Wildman–Crippen LogP) is 2.22. The smallest absolute Gasteiger partial charge is 0.213 e. The molecule has 0 aliphatic rings. The van der Waals surface area contributed by atoms with Crippen LogP contribution in [0.1, 0.15) is 10.4 Å². The monoisotopic (exact) mass is 260 g/mol. The van der Waals surface area contributed by atoms with Crippen molar-refractivity contribution in [3.8, 4) is 11.9 Å². The highest BCUT2D eigenvalue weighted by molar-refractivity contribution is 7.17. The molecule has 0 unspecified atom stereocenters. The van der Waals surface area contributed by atoms with Crippen molar-refractivity contribution in [1.82, 2.24) is 4.98 Å². The molecule has 6 heteroatoms. The molecule has 0 spiro atoms. The Labute approximate surface area is 109 Å². The number of rotatable bonds is 4. The maximum atomic E-state index is 8.81. The van der Waals surface area contributed by atoms with Gasteiger partial charge in [0.2, 0.25) is 5.88 Å². The quantitative estimate of drug-likeness (QED) is 0.880. The van der Waals surface area contributed by atoms with Gasteiger partial charge < -0.3 is 15.8 Å². The van der Waals surface area contributed by atoms with Crippen molar-refractivity contribution in [3.63, 3.8) is 0 Å². The van der Waals surface area contributed by atoms with E-state index >= 15 is 0 Å². The minimum Gasteiger partial charge on any atom is -0.481 e. The van der Waals surface area contributed by atoms with Crippen molar-refractivity contribution in [1.29, 1.82) is 5.26 Å². The highest BCUT2D eigenvalue weighted by Gasteiger charge is 2.05. The summed E-state index contributed by atoms with van der Waals surface area (Å²) in [5, 5.41) is 12.9. The van der Waals surface area contributed by atoms with Gasteiger partial charge in [-0.05, 0) is 17.7 Å². The first-order valence-electron chi connectivity index (χ1n) is 5.25. The van der Waals surface area contributed by atoms with Crippen LogP contribution < -0.4 is 15.8 Å². The van der Waals surface area contributed by atoms with Gasteiger partial charge in [-0.25, -0.2) is 4.98 Å². The Morgan fingerprint density at radius 3 is 3.06 bits per heavy atom.